The van der Waals surface area contributed by atoms with Crippen molar-refractivity contribution >= 4 is 26.9 Å². The zero-order valence-corrected chi connectivity index (χ0v) is 12.9. The van der Waals surface area contributed by atoms with Crippen LogP contribution >= 0.6 is 0 Å². The number of aromatic nitrogens is 3. The largest absolute Gasteiger partial charge is 0.383 e. The van der Waals surface area contributed by atoms with E-state index in [-0.39, 0.29) is 5.75 Å². The molecule has 0 amide bonds. The summed E-state index contributed by atoms with van der Waals surface area (Å²) in [5, 5.41) is 0.801. The second-order valence-corrected chi connectivity index (χ2v) is 6.79. The van der Waals surface area contributed by atoms with Gasteiger partial charge in [-0.25, -0.2) is 23.1 Å². The first kappa shape index (κ1) is 14.7. The second kappa shape index (κ2) is 5.02. The van der Waals surface area contributed by atoms with Gasteiger partial charge < -0.3 is 10.3 Å². The summed E-state index contributed by atoms with van der Waals surface area (Å²) in [7, 11) is -1.85. The van der Waals surface area contributed by atoms with Gasteiger partial charge in [0.2, 0.25) is 10.0 Å². The molecule has 0 aliphatic heterocycles. The molecule has 0 unspecified atom stereocenters. The highest BCUT2D eigenvalue weighted by molar-refractivity contribution is 7.89. The Labute approximate surface area is 118 Å². The molecule has 2 aromatic heterocycles. The summed E-state index contributed by atoms with van der Waals surface area (Å²) < 4.78 is 27.3. The molecule has 2 aromatic rings. The van der Waals surface area contributed by atoms with Gasteiger partial charge in [-0.15, -0.1) is 0 Å². The highest BCUT2D eigenvalue weighted by Gasteiger charge is 2.17. The number of nitrogens with two attached hydrogens (primary N) is 1. The minimum atomic E-state index is -3.26. The normalized spacial score (nSPS) is 12.2. The summed E-state index contributed by atoms with van der Waals surface area (Å²) in [5.74, 6) is 1.00. The summed E-state index contributed by atoms with van der Waals surface area (Å²) in [5.41, 5.74) is 8.59. The van der Waals surface area contributed by atoms with Crippen LogP contribution in [0.15, 0.2) is 0 Å². The molecular formula is C12H19N5O2S. The van der Waals surface area contributed by atoms with Crippen molar-refractivity contribution in [2.24, 2.45) is 0 Å². The van der Waals surface area contributed by atoms with Crippen molar-refractivity contribution in [3.63, 3.8) is 0 Å². The lowest BCUT2D eigenvalue weighted by atomic mass is 10.2. The summed E-state index contributed by atoms with van der Waals surface area (Å²) in [6.45, 7) is 5.96. The van der Waals surface area contributed by atoms with Crippen LogP contribution in [0.3, 0.4) is 0 Å². The average molecular weight is 297 g/mol. The van der Waals surface area contributed by atoms with E-state index in [1.54, 1.807) is 6.92 Å². The molecule has 0 saturated carbocycles. The highest BCUT2D eigenvalue weighted by Crippen LogP contribution is 2.27. The van der Waals surface area contributed by atoms with Crippen LogP contribution in [-0.4, -0.2) is 35.8 Å². The Hall–Kier alpha value is -1.67. The second-order valence-electron chi connectivity index (χ2n) is 4.74. The lowest BCUT2D eigenvalue weighted by Crippen LogP contribution is -2.25. The molecule has 0 aliphatic carbocycles. The molecule has 2 rings (SSSR count). The fourth-order valence-electron chi connectivity index (χ4n) is 2.26. The number of hydrogen-bond acceptors (Lipinski definition) is 5. The van der Waals surface area contributed by atoms with Gasteiger partial charge in [-0.05, 0) is 33.4 Å². The summed E-state index contributed by atoms with van der Waals surface area (Å²) >= 11 is 0. The van der Waals surface area contributed by atoms with Crippen molar-refractivity contribution in [1.82, 2.24) is 19.3 Å². The van der Waals surface area contributed by atoms with Gasteiger partial charge in [-0.1, -0.05) is 0 Å². The summed E-state index contributed by atoms with van der Waals surface area (Å²) in [4.78, 5) is 8.57. The van der Waals surface area contributed by atoms with E-state index in [0.717, 1.165) is 16.6 Å². The van der Waals surface area contributed by atoms with Gasteiger partial charge in [0.15, 0.2) is 0 Å². The quantitative estimate of drug-likeness (QED) is 0.855. The molecule has 0 fully saturated rings. The predicted octanol–water partition coefficient (Wildman–Crippen LogP) is 0.488. The monoisotopic (exact) mass is 297 g/mol. The van der Waals surface area contributed by atoms with Gasteiger partial charge in [0.25, 0.3) is 0 Å². The maximum absolute atomic E-state index is 11.6. The van der Waals surface area contributed by atoms with Gasteiger partial charge in [0.1, 0.15) is 17.3 Å². The third kappa shape index (κ3) is 2.48. The highest BCUT2D eigenvalue weighted by atomic mass is 32.2. The number of anilines is 1. The van der Waals surface area contributed by atoms with Crippen LogP contribution in [0.5, 0.6) is 0 Å². The molecule has 0 atom stereocenters. The van der Waals surface area contributed by atoms with Crippen LogP contribution in [0.25, 0.3) is 11.0 Å². The smallest absolute Gasteiger partial charge is 0.213 e. The number of nitrogens with one attached hydrogen (secondary N) is 1. The summed E-state index contributed by atoms with van der Waals surface area (Å²) in [6.07, 6.45) is 0. The molecule has 0 aliphatic rings. The minimum Gasteiger partial charge on any atom is -0.383 e. The Morgan fingerprint density at radius 1 is 1.25 bits per heavy atom. The Balaban J connectivity index is 2.56. The minimum absolute atomic E-state index is 0.00346. The molecule has 3 N–H and O–H groups in total. The van der Waals surface area contributed by atoms with E-state index in [1.165, 1.54) is 7.05 Å². The van der Waals surface area contributed by atoms with E-state index in [0.29, 0.717) is 23.8 Å². The number of rotatable bonds is 4. The molecule has 8 heteroatoms. The van der Waals surface area contributed by atoms with Crippen molar-refractivity contribution < 1.29 is 8.42 Å². The average Bonchev–Trinajstić information content (AvgIpc) is 2.60. The number of nitrogen functional groups attached to an aromatic ring is 1. The Morgan fingerprint density at radius 3 is 2.50 bits per heavy atom. The number of aryl methyl sites for hydroxylation is 3. The Kier molecular flexibility index (Phi) is 3.70. The van der Waals surface area contributed by atoms with Crippen molar-refractivity contribution in [3.05, 3.63) is 17.1 Å². The van der Waals surface area contributed by atoms with E-state index in [9.17, 15) is 8.42 Å². The molecule has 110 valence electrons. The number of nitrogens with zero attached hydrogens (tertiary/aromatic N) is 3. The molecule has 0 radical (unpaired) electrons. The maximum atomic E-state index is 11.6. The van der Waals surface area contributed by atoms with Crippen molar-refractivity contribution in [3.8, 4) is 0 Å². The number of fused-ring (bicyclic) bond motifs is 1. The third-order valence-electron chi connectivity index (χ3n) is 3.50. The first-order valence-electron chi connectivity index (χ1n) is 6.27. The van der Waals surface area contributed by atoms with Crippen LogP contribution in [0.1, 0.15) is 17.1 Å². The molecule has 7 nitrogen and oxygen atoms in total. The van der Waals surface area contributed by atoms with Crippen molar-refractivity contribution in [1.29, 1.82) is 0 Å². The van der Waals surface area contributed by atoms with E-state index >= 15 is 0 Å². The fourth-order valence-corrected chi connectivity index (χ4v) is 2.89. The van der Waals surface area contributed by atoms with Gasteiger partial charge >= 0.3 is 0 Å². The van der Waals surface area contributed by atoms with Crippen molar-refractivity contribution in [2.75, 3.05) is 18.5 Å². The zero-order chi connectivity index (χ0) is 15.1. The van der Waals surface area contributed by atoms with E-state index in [2.05, 4.69) is 14.7 Å². The molecule has 0 bridgehead atoms. The van der Waals surface area contributed by atoms with Gasteiger partial charge in [0.05, 0.1) is 11.1 Å². The fraction of sp³-hybridized carbons (Fsp3) is 0.500. The van der Waals surface area contributed by atoms with E-state index in [4.69, 9.17) is 5.73 Å². The molecule has 2 heterocycles. The van der Waals surface area contributed by atoms with Crippen LogP contribution < -0.4 is 10.5 Å². The molecule has 0 saturated heterocycles. The van der Waals surface area contributed by atoms with Gasteiger partial charge in [-0.2, -0.15) is 0 Å². The lowest BCUT2D eigenvalue weighted by Gasteiger charge is -2.08. The van der Waals surface area contributed by atoms with E-state index < -0.39 is 10.0 Å². The SMILES string of the molecule is CNS(=O)(=O)CCn1c(C)c(C)c2c(N)nc(C)nc21. The first-order chi connectivity index (χ1) is 9.26. The van der Waals surface area contributed by atoms with Crippen molar-refractivity contribution in [2.45, 2.75) is 27.3 Å². The van der Waals surface area contributed by atoms with E-state index in [1.807, 2.05) is 18.4 Å². The number of hydrogen-bond donors (Lipinski definition) is 2. The molecule has 20 heavy (non-hydrogen) atoms. The number of sulfonamides is 1. The van der Waals surface area contributed by atoms with Crippen LogP contribution in [0, 0.1) is 20.8 Å². The predicted molar refractivity (Wildman–Crippen MR) is 79.0 cm³/mol. The first-order valence-corrected chi connectivity index (χ1v) is 7.92. The van der Waals surface area contributed by atoms with Gasteiger partial charge in [-0.3, -0.25) is 0 Å². The molecule has 0 aromatic carbocycles. The van der Waals surface area contributed by atoms with Crippen LogP contribution in [0.2, 0.25) is 0 Å². The summed E-state index contributed by atoms with van der Waals surface area (Å²) in [6, 6.07) is 0. The standard InChI is InChI=1S/C12H19N5O2S/c1-7-8(2)17(5-6-20(18,19)14-4)12-10(7)11(13)15-9(3)16-12/h14H,5-6H2,1-4H3,(H2,13,15,16). The molecular weight excluding hydrogens is 278 g/mol. The van der Waals surface area contributed by atoms with Crippen LogP contribution in [0.4, 0.5) is 5.82 Å². The Morgan fingerprint density at radius 2 is 1.90 bits per heavy atom. The third-order valence-corrected chi connectivity index (χ3v) is 4.84. The lowest BCUT2D eigenvalue weighted by molar-refractivity contribution is 0.581. The van der Waals surface area contributed by atoms with Crippen LogP contribution in [-0.2, 0) is 16.6 Å². The topological polar surface area (TPSA) is 103 Å². The molecule has 0 spiro atoms. The Bertz CT molecular complexity index is 764. The zero-order valence-electron chi connectivity index (χ0n) is 12.1. The van der Waals surface area contributed by atoms with Gasteiger partial charge in [0, 0.05) is 12.2 Å². The maximum Gasteiger partial charge on any atom is 0.213 e.